The molecule has 10 heteroatoms. The van der Waals surface area contributed by atoms with Crippen LogP contribution in [0.5, 0.6) is 0 Å². The summed E-state index contributed by atoms with van der Waals surface area (Å²) < 4.78 is 16.9. The number of nitrogens with one attached hydrogen (secondary N) is 3. The number of nitrogens with zero attached hydrogens (tertiary/aromatic N) is 5. The van der Waals surface area contributed by atoms with Crippen LogP contribution >= 0.6 is 0 Å². The summed E-state index contributed by atoms with van der Waals surface area (Å²) in [6, 6.07) is 7.10. The van der Waals surface area contributed by atoms with Crippen molar-refractivity contribution in [2.45, 2.75) is 31.7 Å². The van der Waals surface area contributed by atoms with E-state index in [2.05, 4.69) is 35.8 Å². The van der Waals surface area contributed by atoms with Crippen LogP contribution in [0.25, 0.3) is 22.0 Å². The molecule has 6 rings (SSSR count). The molecule has 2 saturated heterocycles. The largest absolute Gasteiger partial charge is 0.357 e. The molecule has 1 amide bonds. The molecule has 3 N–H and O–H groups in total. The monoisotopic (exact) mass is 474 g/mol. The van der Waals surface area contributed by atoms with Crippen LogP contribution in [-0.2, 0) is 0 Å². The number of fused-ring (bicyclic) bond motifs is 1. The van der Waals surface area contributed by atoms with Crippen molar-refractivity contribution in [2.75, 3.05) is 36.4 Å². The molecule has 5 heterocycles. The lowest BCUT2D eigenvalue weighted by molar-refractivity contribution is 0.102. The summed E-state index contributed by atoms with van der Waals surface area (Å²) in [7, 11) is 0. The second-order valence-corrected chi connectivity index (χ2v) is 9.19. The molecule has 4 aromatic rings. The predicted molar refractivity (Wildman–Crippen MR) is 132 cm³/mol. The van der Waals surface area contributed by atoms with Gasteiger partial charge in [-0.05, 0) is 57.0 Å². The zero-order valence-corrected chi connectivity index (χ0v) is 19.3. The smallest absolute Gasteiger partial charge is 0.276 e. The fourth-order valence-electron chi connectivity index (χ4n) is 4.96. The highest BCUT2D eigenvalue weighted by Crippen LogP contribution is 2.30. The minimum absolute atomic E-state index is 0.204. The van der Waals surface area contributed by atoms with Crippen LogP contribution < -0.4 is 15.5 Å². The maximum Gasteiger partial charge on any atom is 0.276 e. The number of benzene rings is 1. The molecule has 0 saturated carbocycles. The number of rotatable bonds is 5. The Morgan fingerprint density at radius 3 is 2.71 bits per heavy atom. The molecule has 0 spiro atoms. The Morgan fingerprint density at radius 2 is 1.94 bits per heavy atom. The number of H-pyrrole nitrogens is 1. The van der Waals surface area contributed by atoms with Gasteiger partial charge in [-0.25, -0.2) is 9.37 Å². The van der Waals surface area contributed by atoms with Crippen LogP contribution in [0.4, 0.5) is 15.9 Å². The van der Waals surface area contributed by atoms with Crippen molar-refractivity contribution < 1.29 is 9.18 Å². The third-order valence-electron chi connectivity index (χ3n) is 6.90. The van der Waals surface area contributed by atoms with E-state index in [1.54, 1.807) is 18.5 Å². The normalized spacial score (nSPS) is 16.8. The molecule has 35 heavy (non-hydrogen) atoms. The topological polar surface area (TPSA) is 104 Å². The summed E-state index contributed by atoms with van der Waals surface area (Å²) in [4.78, 5) is 19.7. The van der Waals surface area contributed by atoms with E-state index in [1.165, 1.54) is 18.9 Å². The van der Waals surface area contributed by atoms with E-state index >= 15 is 0 Å². The number of aromatic nitrogens is 5. The Balaban J connectivity index is 1.24. The number of carbonyl (C=O) groups is 1. The first-order chi connectivity index (χ1) is 17.2. The van der Waals surface area contributed by atoms with Gasteiger partial charge >= 0.3 is 0 Å². The molecule has 3 aromatic heterocycles. The third-order valence-corrected chi connectivity index (χ3v) is 6.90. The number of aromatic amines is 1. The van der Waals surface area contributed by atoms with Gasteiger partial charge in [0.15, 0.2) is 5.69 Å². The number of carbonyl (C=O) groups excluding carboxylic acids is 1. The second kappa shape index (κ2) is 9.10. The van der Waals surface area contributed by atoms with Gasteiger partial charge < -0.3 is 15.5 Å². The molecule has 0 unspecified atom stereocenters. The van der Waals surface area contributed by atoms with Crippen LogP contribution in [0.1, 0.15) is 42.2 Å². The number of hydrogen-bond donors (Lipinski definition) is 3. The Bertz CT molecular complexity index is 1350. The fourth-order valence-corrected chi connectivity index (χ4v) is 4.96. The number of piperidine rings is 1. The number of amides is 1. The zero-order chi connectivity index (χ0) is 23.8. The van der Waals surface area contributed by atoms with Gasteiger partial charge in [-0.2, -0.15) is 10.2 Å². The molecule has 0 bridgehead atoms. The lowest BCUT2D eigenvalue weighted by Gasteiger charge is -2.22. The van der Waals surface area contributed by atoms with Crippen molar-refractivity contribution in [3.8, 4) is 11.1 Å². The van der Waals surface area contributed by atoms with Gasteiger partial charge in [0.05, 0.1) is 29.6 Å². The van der Waals surface area contributed by atoms with Gasteiger partial charge in [0.2, 0.25) is 0 Å². The van der Waals surface area contributed by atoms with Crippen LogP contribution in [0.15, 0.2) is 42.9 Å². The number of pyridine rings is 1. The second-order valence-electron chi connectivity index (χ2n) is 9.19. The standard InChI is InChI=1S/C25H27FN8O/c26-21-12-22-20(11-19(21)16-13-29-34(15-16)18-5-7-27-8-6-18)24(32-31-22)25(35)30-17-3-4-23(28-14-17)33-9-1-2-10-33/h3-4,11-15,18,27H,1-2,5-10H2,(H,30,35)(H,31,32). The highest BCUT2D eigenvalue weighted by Gasteiger charge is 2.21. The Labute approximate surface area is 201 Å². The predicted octanol–water partition coefficient (Wildman–Crippen LogP) is 3.74. The van der Waals surface area contributed by atoms with Gasteiger partial charge in [0.1, 0.15) is 11.6 Å². The summed E-state index contributed by atoms with van der Waals surface area (Å²) >= 11 is 0. The summed E-state index contributed by atoms with van der Waals surface area (Å²) in [5.74, 6) is 0.144. The van der Waals surface area contributed by atoms with E-state index in [9.17, 15) is 9.18 Å². The van der Waals surface area contributed by atoms with Crippen LogP contribution in [0, 0.1) is 5.82 Å². The Hall–Kier alpha value is -3.79. The summed E-state index contributed by atoms with van der Waals surface area (Å²) in [6.07, 6.45) is 9.54. The van der Waals surface area contributed by atoms with E-state index < -0.39 is 0 Å². The first-order valence-corrected chi connectivity index (χ1v) is 12.1. The summed E-state index contributed by atoms with van der Waals surface area (Å²) in [5.41, 5.74) is 2.32. The Morgan fingerprint density at radius 1 is 1.11 bits per heavy atom. The molecule has 0 aliphatic carbocycles. The molecule has 2 aliphatic rings. The van der Waals surface area contributed by atoms with Crippen molar-refractivity contribution >= 4 is 28.3 Å². The first-order valence-electron chi connectivity index (χ1n) is 12.1. The molecular weight excluding hydrogens is 447 g/mol. The van der Waals surface area contributed by atoms with Crippen LogP contribution in [-0.4, -0.2) is 57.0 Å². The van der Waals surface area contributed by atoms with E-state index in [0.29, 0.717) is 33.8 Å². The zero-order valence-electron chi connectivity index (χ0n) is 19.3. The van der Waals surface area contributed by atoms with Crippen molar-refractivity contribution in [1.82, 2.24) is 30.3 Å². The summed E-state index contributed by atoms with van der Waals surface area (Å²) in [5, 5.41) is 18.2. The van der Waals surface area contributed by atoms with E-state index in [4.69, 9.17) is 0 Å². The third kappa shape index (κ3) is 4.25. The van der Waals surface area contributed by atoms with Crippen molar-refractivity contribution in [2.24, 2.45) is 0 Å². The van der Waals surface area contributed by atoms with E-state index in [1.807, 2.05) is 23.0 Å². The summed E-state index contributed by atoms with van der Waals surface area (Å²) in [6.45, 7) is 3.91. The quantitative estimate of drug-likeness (QED) is 0.407. The lowest BCUT2D eigenvalue weighted by atomic mass is 10.0. The molecule has 1 aromatic carbocycles. The number of anilines is 2. The number of hydrogen-bond acceptors (Lipinski definition) is 6. The molecule has 2 aliphatic heterocycles. The van der Waals surface area contributed by atoms with Gasteiger partial charge in [0, 0.05) is 41.9 Å². The molecule has 180 valence electrons. The highest BCUT2D eigenvalue weighted by molar-refractivity contribution is 6.11. The highest BCUT2D eigenvalue weighted by atomic mass is 19.1. The van der Waals surface area contributed by atoms with Crippen molar-refractivity contribution in [3.05, 3.63) is 54.4 Å². The average Bonchev–Trinajstić information content (AvgIpc) is 3.65. The maximum atomic E-state index is 15.0. The van der Waals surface area contributed by atoms with Gasteiger partial charge in [-0.15, -0.1) is 0 Å². The van der Waals surface area contributed by atoms with Crippen LogP contribution in [0.2, 0.25) is 0 Å². The molecular formula is C25H27FN8O. The van der Waals surface area contributed by atoms with E-state index in [0.717, 1.165) is 44.8 Å². The minimum Gasteiger partial charge on any atom is -0.357 e. The molecule has 2 fully saturated rings. The van der Waals surface area contributed by atoms with E-state index in [-0.39, 0.29) is 17.4 Å². The average molecular weight is 475 g/mol. The van der Waals surface area contributed by atoms with Crippen LogP contribution in [0.3, 0.4) is 0 Å². The van der Waals surface area contributed by atoms with Crippen molar-refractivity contribution in [1.29, 1.82) is 0 Å². The maximum absolute atomic E-state index is 15.0. The van der Waals surface area contributed by atoms with Gasteiger partial charge in [0.25, 0.3) is 5.91 Å². The molecule has 0 radical (unpaired) electrons. The van der Waals surface area contributed by atoms with Gasteiger partial charge in [-0.1, -0.05) is 0 Å². The minimum atomic E-state index is -0.389. The SMILES string of the molecule is O=C(Nc1ccc(N2CCCC2)nc1)c1n[nH]c2cc(F)c(-c3cnn(C4CCNCC4)c3)cc12. The first kappa shape index (κ1) is 21.7. The number of halogens is 1. The Kier molecular flexibility index (Phi) is 5.65. The molecule has 9 nitrogen and oxygen atoms in total. The van der Waals surface area contributed by atoms with Crippen molar-refractivity contribution in [3.63, 3.8) is 0 Å². The fraction of sp³-hybridized carbons (Fsp3) is 0.360. The lowest BCUT2D eigenvalue weighted by Crippen LogP contribution is -2.29. The molecule has 0 atom stereocenters. The van der Waals surface area contributed by atoms with Gasteiger partial charge in [-0.3, -0.25) is 14.6 Å².